The van der Waals surface area contributed by atoms with Crippen LogP contribution in [0, 0.1) is 0 Å². The lowest BCUT2D eigenvalue weighted by Crippen LogP contribution is -2.28. The monoisotopic (exact) mass is 338 g/mol. The molecule has 6 rings (SSSR count). The molecule has 0 saturated heterocycles. The van der Waals surface area contributed by atoms with Crippen LogP contribution in [0.4, 0.5) is 0 Å². The van der Waals surface area contributed by atoms with Crippen molar-refractivity contribution < 1.29 is 14.4 Å². The van der Waals surface area contributed by atoms with E-state index >= 15 is 0 Å². The minimum atomic E-state index is -0.0697. The van der Waals surface area contributed by atoms with E-state index in [1.54, 1.807) is 0 Å². The second-order valence-corrected chi connectivity index (χ2v) is 6.88. The number of aldehydes is 3. The third-order valence-corrected chi connectivity index (χ3v) is 5.61. The summed E-state index contributed by atoms with van der Waals surface area (Å²) in [5, 5.41) is 0. The lowest BCUT2D eigenvalue weighted by atomic mass is 9.60. The Morgan fingerprint density at radius 1 is 0.462 bits per heavy atom. The Morgan fingerprint density at radius 3 is 1.08 bits per heavy atom. The SMILES string of the molecule is O=Cc1ccc2c(c1)C1c3cc(C=O)ccc3C2c2ccc(C=O)cc21. The Balaban J connectivity index is 1.86. The maximum absolute atomic E-state index is 11.3. The molecule has 3 aromatic carbocycles. The second-order valence-electron chi connectivity index (χ2n) is 6.88. The number of carbonyl (C=O) groups is 3. The zero-order valence-electron chi connectivity index (χ0n) is 13.8. The first-order valence-electron chi connectivity index (χ1n) is 8.52. The molecule has 0 spiro atoms. The van der Waals surface area contributed by atoms with E-state index in [4.69, 9.17) is 0 Å². The quantitative estimate of drug-likeness (QED) is 0.465. The minimum Gasteiger partial charge on any atom is -0.298 e. The normalized spacial score (nSPS) is 18.5. The van der Waals surface area contributed by atoms with Gasteiger partial charge in [0.25, 0.3) is 0 Å². The number of hydrogen-bond acceptors (Lipinski definition) is 3. The fourth-order valence-corrected chi connectivity index (χ4v) is 4.54. The zero-order valence-corrected chi connectivity index (χ0v) is 13.8. The number of rotatable bonds is 3. The molecule has 0 atom stereocenters. The standard InChI is InChI=1S/C23H14O3/c24-10-13-1-4-16-19(7-13)23-20-8-14(11-25)2-5-17(20)22(16)18-6-3-15(12-26)9-21(18)23/h1-12,22-23H. The topological polar surface area (TPSA) is 51.2 Å². The molecule has 3 nitrogen and oxygen atoms in total. The highest BCUT2D eigenvalue weighted by molar-refractivity contribution is 5.82. The van der Waals surface area contributed by atoms with E-state index in [2.05, 4.69) is 0 Å². The molecule has 0 heterocycles. The van der Waals surface area contributed by atoms with Crippen LogP contribution >= 0.6 is 0 Å². The molecule has 0 radical (unpaired) electrons. The molecule has 3 aliphatic carbocycles. The summed E-state index contributed by atoms with van der Waals surface area (Å²) in [5.41, 5.74) is 8.75. The van der Waals surface area contributed by atoms with Gasteiger partial charge in [0.05, 0.1) is 0 Å². The van der Waals surface area contributed by atoms with Gasteiger partial charge in [-0.2, -0.15) is 0 Å². The molecule has 0 aromatic heterocycles. The Labute approximate surface area is 150 Å². The van der Waals surface area contributed by atoms with E-state index in [-0.39, 0.29) is 11.8 Å². The Bertz CT molecular complexity index is 969. The van der Waals surface area contributed by atoms with Gasteiger partial charge in [-0.15, -0.1) is 0 Å². The highest BCUT2D eigenvalue weighted by Crippen LogP contribution is 2.55. The van der Waals surface area contributed by atoms with Gasteiger partial charge < -0.3 is 0 Å². The van der Waals surface area contributed by atoms with E-state index in [0.29, 0.717) is 16.7 Å². The van der Waals surface area contributed by atoms with Crippen molar-refractivity contribution in [2.45, 2.75) is 11.8 Å². The summed E-state index contributed by atoms with van der Waals surface area (Å²) in [6.07, 6.45) is 2.57. The van der Waals surface area contributed by atoms with Crippen LogP contribution in [-0.4, -0.2) is 18.9 Å². The van der Waals surface area contributed by atoms with Gasteiger partial charge >= 0.3 is 0 Å². The molecule has 0 amide bonds. The number of benzene rings is 3. The zero-order chi connectivity index (χ0) is 17.8. The van der Waals surface area contributed by atoms with Gasteiger partial charge in [0, 0.05) is 28.5 Å². The third kappa shape index (κ3) is 1.85. The van der Waals surface area contributed by atoms with Crippen molar-refractivity contribution in [1.29, 1.82) is 0 Å². The number of carbonyl (C=O) groups excluding carboxylic acids is 3. The summed E-state index contributed by atoms with van der Waals surface area (Å²) in [6.45, 7) is 0. The van der Waals surface area contributed by atoms with Crippen LogP contribution in [0.15, 0.2) is 54.6 Å². The average molecular weight is 338 g/mol. The molecule has 3 aliphatic rings. The summed E-state index contributed by atoms with van der Waals surface area (Å²) in [7, 11) is 0. The van der Waals surface area contributed by atoms with Crippen molar-refractivity contribution in [3.63, 3.8) is 0 Å². The van der Waals surface area contributed by atoms with Gasteiger partial charge in [0.2, 0.25) is 0 Å². The first kappa shape index (κ1) is 15.0. The largest absolute Gasteiger partial charge is 0.298 e. The summed E-state index contributed by atoms with van der Waals surface area (Å²) in [6, 6.07) is 17.5. The average Bonchev–Trinajstić information content (AvgIpc) is 2.71. The van der Waals surface area contributed by atoms with Gasteiger partial charge in [0.15, 0.2) is 0 Å². The molecule has 26 heavy (non-hydrogen) atoms. The summed E-state index contributed by atoms with van der Waals surface area (Å²) >= 11 is 0. The van der Waals surface area contributed by atoms with Gasteiger partial charge in [-0.05, 0) is 51.6 Å². The molecule has 2 bridgehead atoms. The molecular weight excluding hydrogens is 324 g/mol. The lowest BCUT2D eigenvalue weighted by molar-refractivity contribution is 0.111. The van der Waals surface area contributed by atoms with E-state index in [0.717, 1.165) is 35.5 Å². The van der Waals surface area contributed by atoms with Crippen molar-refractivity contribution in [2.24, 2.45) is 0 Å². The van der Waals surface area contributed by atoms with Crippen molar-refractivity contribution in [1.82, 2.24) is 0 Å². The van der Waals surface area contributed by atoms with Gasteiger partial charge in [0.1, 0.15) is 18.9 Å². The van der Waals surface area contributed by atoms with Crippen molar-refractivity contribution in [3.05, 3.63) is 105 Å². The Hall–Kier alpha value is -3.33. The van der Waals surface area contributed by atoms with Crippen LogP contribution < -0.4 is 0 Å². The van der Waals surface area contributed by atoms with Crippen LogP contribution in [0.3, 0.4) is 0 Å². The maximum Gasteiger partial charge on any atom is 0.150 e. The van der Waals surface area contributed by atoms with Crippen LogP contribution in [0.2, 0.25) is 0 Å². The predicted molar refractivity (Wildman–Crippen MR) is 97.4 cm³/mol. The first-order chi connectivity index (χ1) is 12.7. The fraction of sp³-hybridized carbons (Fsp3) is 0.0870. The smallest absolute Gasteiger partial charge is 0.150 e. The highest BCUT2D eigenvalue weighted by atomic mass is 16.1. The predicted octanol–water partition coefficient (Wildman–Crippen LogP) is 4.11. The lowest BCUT2D eigenvalue weighted by Gasteiger charge is -2.42. The molecule has 3 aromatic rings. The molecule has 124 valence electrons. The van der Waals surface area contributed by atoms with Gasteiger partial charge in [-0.1, -0.05) is 36.4 Å². The number of hydrogen-bond donors (Lipinski definition) is 0. The van der Waals surface area contributed by atoms with Crippen molar-refractivity contribution >= 4 is 18.9 Å². The molecule has 0 aliphatic heterocycles. The fourth-order valence-electron chi connectivity index (χ4n) is 4.54. The molecule has 0 fully saturated rings. The van der Waals surface area contributed by atoms with E-state index in [1.807, 2.05) is 54.6 Å². The first-order valence-corrected chi connectivity index (χ1v) is 8.52. The Morgan fingerprint density at radius 2 is 0.769 bits per heavy atom. The molecule has 0 saturated carbocycles. The summed E-state index contributed by atoms with van der Waals surface area (Å²) in [5.74, 6) is -0.0122. The van der Waals surface area contributed by atoms with Crippen LogP contribution in [0.5, 0.6) is 0 Å². The summed E-state index contributed by atoms with van der Waals surface area (Å²) in [4.78, 5) is 33.9. The van der Waals surface area contributed by atoms with Crippen LogP contribution in [0.25, 0.3) is 0 Å². The minimum absolute atomic E-state index is 0.0575. The van der Waals surface area contributed by atoms with Crippen LogP contribution in [-0.2, 0) is 0 Å². The van der Waals surface area contributed by atoms with Gasteiger partial charge in [-0.3, -0.25) is 14.4 Å². The van der Waals surface area contributed by atoms with E-state index in [9.17, 15) is 14.4 Å². The van der Waals surface area contributed by atoms with Gasteiger partial charge in [-0.25, -0.2) is 0 Å². The molecular formula is C23H14O3. The third-order valence-electron chi connectivity index (χ3n) is 5.61. The van der Waals surface area contributed by atoms with Crippen LogP contribution in [0.1, 0.15) is 76.3 Å². The molecule has 0 unspecified atom stereocenters. The highest BCUT2D eigenvalue weighted by Gasteiger charge is 2.41. The molecule has 0 N–H and O–H groups in total. The van der Waals surface area contributed by atoms with Crippen molar-refractivity contribution in [3.8, 4) is 0 Å². The second kappa shape index (κ2) is 5.33. The van der Waals surface area contributed by atoms with Crippen molar-refractivity contribution in [2.75, 3.05) is 0 Å². The van der Waals surface area contributed by atoms with E-state index in [1.165, 1.54) is 16.7 Å². The maximum atomic E-state index is 11.3. The van der Waals surface area contributed by atoms with E-state index < -0.39 is 0 Å². The Kier molecular flexibility index (Phi) is 3.07. The molecule has 3 heteroatoms. The summed E-state index contributed by atoms with van der Waals surface area (Å²) < 4.78 is 0.